The summed E-state index contributed by atoms with van der Waals surface area (Å²) in [5.74, 6) is 0.943. The smallest absolute Gasteiger partial charge is 0.119 e. The zero-order chi connectivity index (χ0) is 14.6. The summed E-state index contributed by atoms with van der Waals surface area (Å²) in [6.45, 7) is 7.06. The second-order valence-corrected chi connectivity index (χ2v) is 6.96. The van der Waals surface area contributed by atoms with E-state index in [0.717, 1.165) is 5.75 Å². The molecule has 1 saturated carbocycles. The predicted molar refractivity (Wildman–Crippen MR) is 85.2 cm³/mol. The van der Waals surface area contributed by atoms with Gasteiger partial charge in [0, 0.05) is 12.1 Å². The molecule has 0 radical (unpaired) electrons. The Labute approximate surface area is 123 Å². The van der Waals surface area contributed by atoms with Gasteiger partial charge in [-0.3, -0.25) is 0 Å². The van der Waals surface area contributed by atoms with E-state index in [9.17, 15) is 0 Å². The molecule has 0 heterocycles. The summed E-state index contributed by atoms with van der Waals surface area (Å²) in [5, 5.41) is 3.81. The van der Waals surface area contributed by atoms with Crippen molar-refractivity contribution >= 4 is 0 Å². The van der Waals surface area contributed by atoms with Gasteiger partial charge in [-0.05, 0) is 55.7 Å². The summed E-state index contributed by atoms with van der Waals surface area (Å²) in [6.07, 6.45) is 6.63. The zero-order valence-corrected chi connectivity index (χ0v) is 13.4. The van der Waals surface area contributed by atoms with E-state index in [1.165, 1.54) is 37.7 Å². The van der Waals surface area contributed by atoms with Crippen LogP contribution in [0.5, 0.6) is 5.75 Å². The minimum atomic E-state index is 0.385. The molecule has 2 nitrogen and oxygen atoms in total. The molecule has 0 amide bonds. The summed E-state index contributed by atoms with van der Waals surface area (Å²) < 4.78 is 5.31. The van der Waals surface area contributed by atoms with Gasteiger partial charge in [-0.15, -0.1) is 0 Å². The molecule has 1 unspecified atom stereocenters. The second-order valence-electron chi connectivity index (χ2n) is 6.96. The molecule has 0 aromatic heterocycles. The van der Waals surface area contributed by atoms with Crippen molar-refractivity contribution in [2.24, 2.45) is 5.41 Å². The number of hydrogen-bond acceptors (Lipinski definition) is 2. The van der Waals surface area contributed by atoms with E-state index in [1.807, 2.05) is 6.07 Å². The van der Waals surface area contributed by atoms with Gasteiger partial charge in [-0.1, -0.05) is 32.4 Å². The number of benzene rings is 1. The van der Waals surface area contributed by atoms with Crippen LogP contribution in [0, 0.1) is 5.41 Å². The maximum Gasteiger partial charge on any atom is 0.119 e. The molecule has 0 saturated heterocycles. The first-order chi connectivity index (χ1) is 9.50. The van der Waals surface area contributed by atoms with Gasteiger partial charge >= 0.3 is 0 Å². The van der Waals surface area contributed by atoms with Gasteiger partial charge in [0.05, 0.1) is 7.11 Å². The van der Waals surface area contributed by atoms with Gasteiger partial charge in [0.1, 0.15) is 5.75 Å². The molecule has 0 bridgehead atoms. The molecule has 1 N–H and O–H groups in total. The molecule has 112 valence electrons. The number of rotatable bonds is 4. The topological polar surface area (TPSA) is 21.3 Å². The summed E-state index contributed by atoms with van der Waals surface area (Å²) in [5.41, 5.74) is 1.84. The first-order valence-corrected chi connectivity index (χ1v) is 7.90. The van der Waals surface area contributed by atoms with Gasteiger partial charge in [0.2, 0.25) is 0 Å². The number of ether oxygens (including phenoxy) is 1. The number of hydrogen-bond donors (Lipinski definition) is 1. The lowest BCUT2D eigenvalue weighted by Gasteiger charge is -2.24. The largest absolute Gasteiger partial charge is 0.497 e. The third-order valence-electron chi connectivity index (χ3n) is 4.66. The van der Waals surface area contributed by atoms with Crippen molar-refractivity contribution in [3.8, 4) is 5.75 Å². The lowest BCUT2D eigenvalue weighted by molar-refractivity contribution is 0.307. The fourth-order valence-electron chi connectivity index (χ4n) is 3.19. The van der Waals surface area contributed by atoms with Crippen molar-refractivity contribution in [3.05, 3.63) is 29.8 Å². The van der Waals surface area contributed by atoms with E-state index in [0.29, 0.717) is 17.5 Å². The Morgan fingerprint density at radius 1 is 1.25 bits per heavy atom. The Bertz CT molecular complexity index is 427. The minimum absolute atomic E-state index is 0.385. The van der Waals surface area contributed by atoms with Crippen LogP contribution in [-0.2, 0) is 0 Å². The van der Waals surface area contributed by atoms with Crippen molar-refractivity contribution in [2.45, 2.75) is 65.0 Å². The molecular formula is C18H29NO. The van der Waals surface area contributed by atoms with Crippen LogP contribution >= 0.6 is 0 Å². The predicted octanol–water partition coefficient (Wildman–Crippen LogP) is 4.70. The fourth-order valence-corrected chi connectivity index (χ4v) is 3.19. The van der Waals surface area contributed by atoms with E-state index in [1.54, 1.807) is 7.11 Å². The highest BCUT2D eigenvalue weighted by Gasteiger charge is 2.25. The standard InChI is InChI=1S/C18H29NO/c1-14(15-7-5-9-17(13-15)20-4)19-16-8-6-11-18(2,3)12-10-16/h5,7,9,13-14,16,19H,6,8,10-12H2,1-4H3/t14-,16?/m1/s1. The number of methoxy groups -OCH3 is 1. The molecule has 2 rings (SSSR count). The second kappa shape index (κ2) is 6.62. The first kappa shape index (κ1) is 15.4. The van der Waals surface area contributed by atoms with Crippen LogP contribution in [0.25, 0.3) is 0 Å². The van der Waals surface area contributed by atoms with Crippen molar-refractivity contribution in [3.63, 3.8) is 0 Å². The van der Waals surface area contributed by atoms with Crippen LogP contribution < -0.4 is 10.1 Å². The minimum Gasteiger partial charge on any atom is -0.497 e. The molecule has 0 spiro atoms. The molecule has 2 heteroatoms. The maximum atomic E-state index is 5.31. The van der Waals surface area contributed by atoms with Crippen molar-refractivity contribution < 1.29 is 4.74 Å². The van der Waals surface area contributed by atoms with Crippen LogP contribution in [-0.4, -0.2) is 13.2 Å². The van der Waals surface area contributed by atoms with Crippen LogP contribution in [0.2, 0.25) is 0 Å². The fraction of sp³-hybridized carbons (Fsp3) is 0.667. The van der Waals surface area contributed by atoms with Gasteiger partial charge in [0.25, 0.3) is 0 Å². The Kier molecular flexibility index (Phi) is 5.09. The third kappa shape index (κ3) is 4.24. The molecule has 2 atom stereocenters. The van der Waals surface area contributed by atoms with Crippen LogP contribution in [0.4, 0.5) is 0 Å². The molecule has 1 aliphatic carbocycles. The van der Waals surface area contributed by atoms with E-state index in [-0.39, 0.29) is 0 Å². The van der Waals surface area contributed by atoms with Gasteiger partial charge in [-0.2, -0.15) is 0 Å². The van der Waals surface area contributed by atoms with Crippen molar-refractivity contribution in [2.75, 3.05) is 7.11 Å². The molecular weight excluding hydrogens is 246 g/mol. The van der Waals surface area contributed by atoms with E-state index >= 15 is 0 Å². The third-order valence-corrected chi connectivity index (χ3v) is 4.66. The van der Waals surface area contributed by atoms with Gasteiger partial charge < -0.3 is 10.1 Å². The normalized spacial score (nSPS) is 23.9. The summed E-state index contributed by atoms with van der Waals surface area (Å²) >= 11 is 0. The molecule has 1 aromatic rings. The quantitative estimate of drug-likeness (QED) is 0.804. The Morgan fingerprint density at radius 2 is 2.05 bits per heavy atom. The lowest BCUT2D eigenvalue weighted by atomic mass is 9.85. The summed E-state index contributed by atoms with van der Waals surface area (Å²) in [7, 11) is 1.73. The molecule has 1 fully saturated rings. The van der Waals surface area contributed by atoms with Gasteiger partial charge in [0.15, 0.2) is 0 Å². The van der Waals surface area contributed by atoms with Crippen molar-refractivity contribution in [1.82, 2.24) is 5.32 Å². The zero-order valence-electron chi connectivity index (χ0n) is 13.4. The Balaban J connectivity index is 1.95. The number of nitrogens with one attached hydrogen (secondary N) is 1. The Morgan fingerprint density at radius 3 is 2.80 bits per heavy atom. The van der Waals surface area contributed by atoms with E-state index < -0.39 is 0 Å². The first-order valence-electron chi connectivity index (χ1n) is 7.90. The molecule has 1 aromatic carbocycles. The average Bonchev–Trinajstić information content (AvgIpc) is 2.60. The SMILES string of the molecule is COc1cccc([C@@H](C)NC2CCCC(C)(C)CC2)c1. The maximum absolute atomic E-state index is 5.31. The highest BCUT2D eigenvalue weighted by Crippen LogP contribution is 2.34. The Hall–Kier alpha value is -1.02. The monoisotopic (exact) mass is 275 g/mol. The molecule has 0 aliphatic heterocycles. The summed E-state index contributed by atoms with van der Waals surface area (Å²) in [4.78, 5) is 0. The van der Waals surface area contributed by atoms with Crippen LogP contribution in [0.15, 0.2) is 24.3 Å². The van der Waals surface area contributed by atoms with E-state index in [2.05, 4.69) is 44.3 Å². The van der Waals surface area contributed by atoms with Crippen LogP contribution in [0.3, 0.4) is 0 Å². The lowest BCUT2D eigenvalue weighted by Crippen LogP contribution is -2.31. The van der Waals surface area contributed by atoms with E-state index in [4.69, 9.17) is 4.74 Å². The summed E-state index contributed by atoms with van der Waals surface area (Å²) in [6, 6.07) is 9.43. The van der Waals surface area contributed by atoms with Gasteiger partial charge in [-0.25, -0.2) is 0 Å². The molecule has 20 heavy (non-hydrogen) atoms. The highest BCUT2D eigenvalue weighted by atomic mass is 16.5. The van der Waals surface area contributed by atoms with Crippen molar-refractivity contribution in [1.29, 1.82) is 0 Å². The average molecular weight is 275 g/mol. The van der Waals surface area contributed by atoms with Crippen LogP contribution in [0.1, 0.15) is 64.5 Å². The highest BCUT2D eigenvalue weighted by molar-refractivity contribution is 5.30. The molecule has 1 aliphatic rings.